The van der Waals surface area contributed by atoms with Gasteiger partial charge in [-0.25, -0.2) is 9.97 Å². The Kier molecular flexibility index (Phi) is 6.28. The molecule has 0 aliphatic heterocycles. The third-order valence-corrected chi connectivity index (χ3v) is 5.21. The van der Waals surface area contributed by atoms with Gasteiger partial charge in [0.15, 0.2) is 0 Å². The molecular weight excluding hydrogens is 413 g/mol. The number of aryl methyl sites for hydroxylation is 1. The van der Waals surface area contributed by atoms with Crippen LogP contribution in [0.25, 0.3) is 27.9 Å². The molecule has 0 spiro atoms. The average Bonchev–Trinajstić information content (AvgIpc) is 3.23. The number of carbonyl (C=O) groups excluding carboxylic acids is 1. The number of aromatic nitrogens is 3. The standard InChI is InChI=1S/C25H19N3O3.Na/c1-16-10-11-21(31-15-17-7-3-2-4-8-17)23-18(25(29)30)13-19(27-24(16)23)20-14-28-12-6-5-9-22(28)26-20;/h2-14H,15H2,1H3,(H,29,30);/q;+1/p-1. The van der Waals surface area contributed by atoms with E-state index in [-0.39, 0.29) is 35.1 Å². The number of rotatable bonds is 5. The largest absolute Gasteiger partial charge is 1.00 e. The van der Waals surface area contributed by atoms with Gasteiger partial charge in [0.25, 0.3) is 0 Å². The maximum absolute atomic E-state index is 12.1. The van der Waals surface area contributed by atoms with Gasteiger partial charge in [0, 0.05) is 18.0 Å². The molecule has 0 fully saturated rings. The molecule has 6 nitrogen and oxygen atoms in total. The Hall–Kier alpha value is -3.19. The van der Waals surface area contributed by atoms with E-state index in [0.717, 1.165) is 16.8 Å². The molecule has 2 aromatic carbocycles. The van der Waals surface area contributed by atoms with E-state index in [1.165, 1.54) is 6.07 Å². The van der Waals surface area contributed by atoms with Crippen molar-refractivity contribution in [2.24, 2.45) is 0 Å². The topological polar surface area (TPSA) is 79.5 Å². The molecule has 0 bridgehead atoms. The maximum atomic E-state index is 12.1. The van der Waals surface area contributed by atoms with Crippen LogP contribution >= 0.6 is 0 Å². The van der Waals surface area contributed by atoms with Gasteiger partial charge in [-0.2, -0.15) is 0 Å². The molecule has 5 aromatic rings. The van der Waals surface area contributed by atoms with E-state index in [1.54, 1.807) is 6.07 Å². The van der Waals surface area contributed by atoms with Crippen LogP contribution in [0.3, 0.4) is 0 Å². The van der Waals surface area contributed by atoms with Crippen molar-refractivity contribution >= 4 is 22.5 Å². The van der Waals surface area contributed by atoms with Crippen LogP contribution in [0, 0.1) is 6.92 Å². The van der Waals surface area contributed by atoms with Crippen LogP contribution in [-0.2, 0) is 6.61 Å². The Morgan fingerprint density at radius 1 is 1.00 bits per heavy atom. The minimum Gasteiger partial charge on any atom is -0.545 e. The molecular formula is C25H18N3NaO3. The summed E-state index contributed by atoms with van der Waals surface area (Å²) in [5.74, 6) is -0.828. The summed E-state index contributed by atoms with van der Waals surface area (Å²) in [6, 6.07) is 20.5. The van der Waals surface area contributed by atoms with Gasteiger partial charge in [-0.1, -0.05) is 42.5 Å². The number of carboxylic acids is 1. The summed E-state index contributed by atoms with van der Waals surface area (Å²) in [5.41, 5.74) is 4.23. The Balaban J connectivity index is 0.00000245. The molecule has 0 unspecified atom stereocenters. The van der Waals surface area contributed by atoms with Crippen LogP contribution in [-0.4, -0.2) is 20.3 Å². The van der Waals surface area contributed by atoms with Crippen LogP contribution in [0.5, 0.6) is 5.75 Å². The number of carboxylic acid groups (broad SMARTS) is 1. The number of hydrogen-bond acceptors (Lipinski definition) is 5. The molecule has 0 radical (unpaired) electrons. The first-order chi connectivity index (χ1) is 15.1. The van der Waals surface area contributed by atoms with E-state index in [0.29, 0.717) is 34.6 Å². The normalized spacial score (nSPS) is 10.8. The summed E-state index contributed by atoms with van der Waals surface area (Å²) < 4.78 is 7.86. The van der Waals surface area contributed by atoms with Crippen LogP contribution in [0.1, 0.15) is 21.5 Å². The van der Waals surface area contributed by atoms with Crippen molar-refractivity contribution in [2.75, 3.05) is 0 Å². The zero-order valence-corrected chi connectivity index (χ0v) is 19.8. The molecule has 0 aliphatic carbocycles. The number of ether oxygens (including phenoxy) is 1. The quantitative estimate of drug-likeness (QED) is 0.385. The average molecular weight is 431 g/mol. The van der Waals surface area contributed by atoms with E-state index in [4.69, 9.17) is 9.72 Å². The molecule has 0 aliphatic rings. The fourth-order valence-corrected chi connectivity index (χ4v) is 3.65. The Morgan fingerprint density at radius 3 is 2.53 bits per heavy atom. The summed E-state index contributed by atoms with van der Waals surface area (Å²) in [6.07, 6.45) is 3.71. The first-order valence-electron chi connectivity index (χ1n) is 9.87. The molecule has 0 saturated heterocycles. The Labute approximate surface area is 206 Å². The van der Waals surface area contributed by atoms with Gasteiger partial charge in [0.1, 0.15) is 23.7 Å². The predicted molar refractivity (Wildman–Crippen MR) is 116 cm³/mol. The Morgan fingerprint density at radius 2 is 1.78 bits per heavy atom. The summed E-state index contributed by atoms with van der Waals surface area (Å²) in [4.78, 5) is 21.4. The summed E-state index contributed by atoms with van der Waals surface area (Å²) in [7, 11) is 0. The first kappa shape index (κ1) is 22.0. The smallest absolute Gasteiger partial charge is 0.545 e. The van der Waals surface area contributed by atoms with E-state index in [9.17, 15) is 9.90 Å². The Bertz CT molecular complexity index is 1400. The molecule has 0 amide bonds. The van der Waals surface area contributed by atoms with E-state index >= 15 is 0 Å². The molecule has 3 heterocycles. The third kappa shape index (κ3) is 4.12. The van der Waals surface area contributed by atoms with Crippen LogP contribution in [0.2, 0.25) is 0 Å². The van der Waals surface area contributed by atoms with Crippen molar-refractivity contribution in [1.82, 2.24) is 14.4 Å². The molecule has 32 heavy (non-hydrogen) atoms. The van der Waals surface area contributed by atoms with Crippen LogP contribution < -0.4 is 39.4 Å². The van der Waals surface area contributed by atoms with E-state index in [2.05, 4.69) is 4.98 Å². The molecule has 0 atom stereocenters. The zero-order valence-electron chi connectivity index (χ0n) is 17.8. The molecule has 0 N–H and O–H groups in total. The number of pyridine rings is 2. The minimum absolute atomic E-state index is 0. The molecule has 3 aromatic heterocycles. The zero-order chi connectivity index (χ0) is 21.4. The van der Waals surface area contributed by atoms with Gasteiger partial charge in [-0.3, -0.25) is 0 Å². The molecule has 7 heteroatoms. The van der Waals surface area contributed by atoms with Gasteiger partial charge in [-0.15, -0.1) is 0 Å². The van der Waals surface area contributed by atoms with Gasteiger partial charge >= 0.3 is 29.6 Å². The van der Waals surface area contributed by atoms with E-state index in [1.807, 2.05) is 78.3 Å². The predicted octanol–water partition coefficient (Wildman–Crippen LogP) is 0.804. The maximum Gasteiger partial charge on any atom is 1.00 e. The number of aromatic carboxylic acids is 1. The van der Waals surface area contributed by atoms with E-state index < -0.39 is 5.97 Å². The summed E-state index contributed by atoms with van der Waals surface area (Å²) in [6.45, 7) is 2.21. The van der Waals surface area contributed by atoms with Crippen molar-refractivity contribution < 1.29 is 44.2 Å². The van der Waals surface area contributed by atoms with Crippen molar-refractivity contribution in [1.29, 1.82) is 0 Å². The second-order valence-corrected chi connectivity index (χ2v) is 7.31. The van der Waals surface area contributed by atoms with Crippen molar-refractivity contribution in [2.45, 2.75) is 13.5 Å². The summed E-state index contributed by atoms with van der Waals surface area (Å²) in [5, 5.41) is 12.5. The number of fused-ring (bicyclic) bond motifs is 2. The monoisotopic (exact) mass is 431 g/mol. The number of hydrogen-bond donors (Lipinski definition) is 0. The van der Waals surface area contributed by atoms with Crippen molar-refractivity contribution in [3.05, 3.63) is 95.8 Å². The van der Waals surface area contributed by atoms with Gasteiger partial charge < -0.3 is 19.0 Å². The second kappa shape index (κ2) is 9.12. The number of carbonyl (C=O) groups is 1. The van der Waals surface area contributed by atoms with Crippen molar-refractivity contribution in [3.63, 3.8) is 0 Å². The molecule has 152 valence electrons. The summed E-state index contributed by atoms with van der Waals surface area (Å²) >= 11 is 0. The van der Waals surface area contributed by atoms with Gasteiger partial charge in [0.05, 0.1) is 22.6 Å². The number of nitrogens with zero attached hydrogens (tertiary/aromatic N) is 3. The van der Waals surface area contributed by atoms with Gasteiger partial charge in [0.2, 0.25) is 0 Å². The van der Waals surface area contributed by atoms with Gasteiger partial charge in [-0.05, 0) is 42.3 Å². The fraction of sp³-hybridized carbons (Fsp3) is 0.0800. The van der Waals surface area contributed by atoms with Crippen molar-refractivity contribution in [3.8, 4) is 17.1 Å². The third-order valence-electron chi connectivity index (χ3n) is 5.21. The van der Waals surface area contributed by atoms with Crippen LogP contribution in [0.15, 0.2) is 79.1 Å². The molecule has 5 rings (SSSR count). The molecule has 0 saturated carbocycles. The SMILES string of the molecule is Cc1ccc(OCc2ccccc2)c2c(C(=O)[O-])cc(-c3cn4ccccc4n3)nc12.[Na+]. The fourth-order valence-electron chi connectivity index (χ4n) is 3.65. The van der Waals surface area contributed by atoms with Crippen LogP contribution in [0.4, 0.5) is 0 Å². The first-order valence-corrected chi connectivity index (χ1v) is 9.87. The second-order valence-electron chi connectivity index (χ2n) is 7.31. The number of benzene rings is 2. The number of imidazole rings is 1. The minimum atomic E-state index is -1.28.